The minimum atomic E-state index is -1.53. The molecule has 1 saturated heterocycles. The van der Waals surface area contributed by atoms with Gasteiger partial charge in [0.05, 0.1) is 19.8 Å². The highest BCUT2D eigenvalue weighted by Gasteiger charge is 2.44. The van der Waals surface area contributed by atoms with Crippen molar-refractivity contribution in [1.82, 2.24) is 0 Å². The molecular weight excluding hydrogens is 564 g/mol. The molecule has 0 aliphatic carbocycles. The van der Waals surface area contributed by atoms with Crippen molar-refractivity contribution < 1.29 is 44.2 Å². The number of unbranched alkanes of at least 4 members (excludes halogenated alkanes) is 16. The number of carbonyl (C=O) groups is 1. The lowest BCUT2D eigenvalue weighted by molar-refractivity contribution is -0.305. The second kappa shape index (κ2) is 28.2. The minimum absolute atomic E-state index is 0.113. The molecule has 0 aromatic heterocycles. The van der Waals surface area contributed by atoms with Crippen molar-refractivity contribution in [3.8, 4) is 0 Å². The number of hydrogen-bond donors (Lipinski definition) is 4. The van der Waals surface area contributed by atoms with E-state index >= 15 is 0 Å². The number of carbonyl (C=O) groups excluding carboxylic acids is 1. The summed E-state index contributed by atoms with van der Waals surface area (Å²) in [5.41, 5.74) is 0. The van der Waals surface area contributed by atoms with E-state index < -0.39 is 43.4 Å². The Morgan fingerprint density at radius 1 is 0.705 bits per heavy atom. The Hall–Kier alpha value is -1.07. The summed E-state index contributed by atoms with van der Waals surface area (Å²) in [5, 5.41) is 39.7. The second-order valence-electron chi connectivity index (χ2n) is 12.3. The van der Waals surface area contributed by atoms with Crippen LogP contribution in [0.3, 0.4) is 0 Å². The van der Waals surface area contributed by atoms with Gasteiger partial charge < -0.3 is 39.4 Å². The normalized spacial score (nSPS) is 22.9. The molecule has 0 bridgehead atoms. The molecule has 0 saturated carbocycles. The van der Waals surface area contributed by atoms with Gasteiger partial charge in [-0.15, -0.1) is 0 Å². The van der Waals surface area contributed by atoms with Gasteiger partial charge in [0.1, 0.15) is 30.5 Å². The van der Waals surface area contributed by atoms with Gasteiger partial charge in [-0.2, -0.15) is 0 Å². The molecule has 0 amide bonds. The first-order valence-electron chi connectivity index (χ1n) is 17.8. The van der Waals surface area contributed by atoms with E-state index in [0.717, 1.165) is 32.1 Å². The summed E-state index contributed by atoms with van der Waals surface area (Å²) in [7, 11) is 0. The van der Waals surface area contributed by atoms with E-state index in [-0.39, 0.29) is 19.2 Å². The van der Waals surface area contributed by atoms with Crippen LogP contribution < -0.4 is 0 Å². The molecular formula is C35H66O9. The van der Waals surface area contributed by atoms with Gasteiger partial charge in [0.25, 0.3) is 0 Å². The molecule has 1 fully saturated rings. The number of ether oxygens (including phenoxy) is 4. The van der Waals surface area contributed by atoms with Crippen LogP contribution in [-0.4, -0.2) is 89.6 Å². The van der Waals surface area contributed by atoms with Gasteiger partial charge >= 0.3 is 5.97 Å². The predicted octanol–water partition coefficient (Wildman–Crippen LogP) is 6.13. The maximum absolute atomic E-state index is 12.5. The molecule has 0 radical (unpaired) electrons. The molecule has 1 heterocycles. The van der Waals surface area contributed by atoms with Crippen molar-refractivity contribution in [3.05, 3.63) is 12.2 Å². The van der Waals surface area contributed by atoms with Crippen LogP contribution in [0.25, 0.3) is 0 Å². The standard InChI is InChI=1S/C35H66O9/c1-3-5-7-9-11-12-13-14-15-16-17-18-19-21-23-25-41-27-29(43-31(37)24-22-20-10-8-6-4-2)28-42-35-34(40)33(39)32(38)30(26-36)44-35/h13-14,29-30,32-36,38-40H,3-12,15-28H2,1-2H3/b14-13-. The van der Waals surface area contributed by atoms with E-state index in [1.54, 1.807) is 0 Å². The maximum Gasteiger partial charge on any atom is 0.306 e. The van der Waals surface area contributed by atoms with E-state index in [9.17, 15) is 25.2 Å². The number of hydrogen-bond acceptors (Lipinski definition) is 9. The fourth-order valence-electron chi connectivity index (χ4n) is 5.31. The predicted molar refractivity (Wildman–Crippen MR) is 173 cm³/mol. The summed E-state index contributed by atoms with van der Waals surface area (Å²) in [6.45, 7) is 4.46. The molecule has 0 spiro atoms. The Morgan fingerprint density at radius 3 is 1.84 bits per heavy atom. The third kappa shape index (κ3) is 20.1. The third-order valence-electron chi connectivity index (χ3n) is 8.18. The third-order valence-corrected chi connectivity index (χ3v) is 8.18. The van der Waals surface area contributed by atoms with Gasteiger partial charge in [-0.05, 0) is 38.5 Å². The molecule has 6 atom stereocenters. The molecule has 9 nitrogen and oxygen atoms in total. The molecule has 0 aromatic carbocycles. The van der Waals surface area contributed by atoms with Crippen molar-refractivity contribution >= 4 is 5.97 Å². The molecule has 44 heavy (non-hydrogen) atoms. The fraction of sp³-hybridized carbons (Fsp3) is 0.914. The van der Waals surface area contributed by atoms with Gasteiger partial charge in [0.2, 0.25) is 0 Å². The molecule has 6 unspecified atom stereocenters. The highest BCUT2D eigenvalue weighted by molar-refractivity contribution is 5.69. The number of aliphatic hydroxyl groups is 4. The van der Waals surface area contributed by atoms with E-state index in [0.29, 0.717) is 13.0 Å². The fourth-order valence-corrected chi connectivity index (χ4v) is 5.31. The summed E-state index contributed by atoms with van der Waals surface area (Å²) in [6, 6.07) is 0. The van der Waals surface area contributed by atoms with Crippen LogP contribution in [0.1, 0.15) is 142 Å². The zero-order chi connectivity index (χ0) is 32.3. The molecule has 4 N–H and O–H groups in total. The molecule has 9 heteroatoms. The van der Waals surface area contributed by atoms with Gasteiger partial charge in [0.15, 0.2) is 6.29 Å². The summed E-state index contributed by atoms with van der Waals surface area (Å²) >= 11 is 0. The number of rotatable bonds is 29. The van der Waals surface area contributed by atoms with Gasteiger partial charge in [-0.1, -0.05) is 109 Å². The lowest BCUT2D eigenvalue weighted by Gasteiger charge is -2.39. The van der Waals surface area contributed by atoms with Crippen molar-refractivity contribution in [2.75, 3.05) is 26.4 Å². The van der Waals surface area contributed by atoms with Crippen molar-refractivity contribution in [3.63, 3.8) is 0 Å². The van der Waals surface area contributed by atoms with Crippen LogP contribution in [-0.2, 0) is 23.7 Å². The van der Waals surface area contributed by atoms with Crippen LogP contribution in [0.15, 0.2) is 12.2 Å². The first-order chi connectivity index (χ1) is 21.4. The highest BCUT2D eigenvalue weighted by Crippen LogP contribution is 2.22. The Kier molecular flexibility index (Phi) is 26.2. The van der Waals surface area contributed by atoms with E-state index in [2.05, 4.69) is 26.0 Å². The summed E-state index contributed by atoms with van der Waals surface area (Å²) in [5.74, 6) is -0.326. The van der Waals surface area contributed by atoms with Crippen LogP contribution in [0.4, 0.5) is 0 Å². The smallest absolute Gasteiger partial charge is 0.306 e. The van der Waals surface area contributed by atoms with Gasteiger partial charge in [-0.25, -0.2) is 0 Å². The Morgan fingerprint density at radius 2 is 1.25 bits per heavy atom. The first-order valence-corrected chi connectivity index (χ1v) is 17.8. The number of aliphatic hydroxyl groups excluding tert-OH is 4. The number of esters is 1. The lowest BCUT2D eigenvalue weighted by Crippen LogP contribution is -2.59. The molecule has 1 rings (SSSR count). The molecule has 1 aliphatic heterocycles. The number of allylic oxidation sites excluding steroid dienone is 2. The summed E-state index contributed by atoms with van der Waals surface area (Å²) < 4.78 is 22.5. The minimum Gasteiger partial charge on any atom is -0.457 e. The molecule has 0 aromatic rings. The Balaban J connectivity index is 2.30. The molecule has 260 valence electrons. The average molecular weight is 631 g/mol. The summed E-state index contributed by atoms with van der Waals surface area (Å²) in [6.07, 6.45) is 19.8. The lowest BCUT2D eigenvalue weighted by atomic mass is 9.99. The SMILES string of the molecule is CCCCCCC/C=C\CCCCCCCCOCC(COC1OC(CO)C(O)C(O)C1O)OC(=O)CCCCCCCC. The van der Waals surface area contributed by atoms with Gasteiger partial charge in [-0.3, -0.25) is 4.79 Å². The highest BCUT2D eigenvalue weighted by atomic mass is 16.7. The largest absolute Gasteiger partial charge is 0.457 e. The van der Waals surface area contributed by atoms with Crippen LogP contribution >= 0.6 is 0 Å². The Bertz CT molecular complexity index is 687. The topological polar surface area (TPSA) is 135 Å². The van der Waals surface area contributed by atoms with Crippen molar-refractivity contribution in [2.24, 2.45) is 0 Å². The van der Waals surface area contributed by atoms with Crippen LogP contribution in [0.5, 0.6) is 0 Å². The average Bonchev–Trinajstić information content (AvgIpc) is 3.02. The van der Waals surface area contributed by atoms with E-state index in [1.165, 1.54) is 89.9 Å². The Labute approximate surface area is 267 Å². The van der Waals surface area contributed by atoms with Gasteiger partial charge in [0, 0.05) is 13.0 Å². The maximum atomic E-state index is 12.5. The summed E-state index contributed by atoms with van der Waals surface area (Å²) in [4.78, 5) is 12.5. The van der Waals surface area contributed by atoms with E-state index in [1.807, 2.05) is 0 Å². The zero-order valence-electron chi connectivity index (χ0n) is 27.9. The van der Waals surface area contributed by atoms with Crippen LogP contribution in [0, 0.1) is 0 Å². The zero-order valence-corrected chi connectivity index (χ0v) is 27.9. The van der Waals surface area contributed by atoms with Crippen molar-refractivity contribution in [1.29, 1.82) is 0 Å². The molecule has 1 aliphatic rings. The quantitative estimate of drug-likeness (QED) is 0.0437. The second-order valence-corrected chi connectivity index (χ2v) is 12.3. The monoisotopic (exact) mass is 630 g/mol. The van der Waals surface area contributed by atoms with Crippen LogP contribution in [0.2, 0.25) is 0 Å². The van der Waals surface area contributed by atoms with E-state index in [4.69, 9.17) is 18.9 Å². The first kappa shape index (κ1) is 41.0. The van der Waals surface area contributed by atoms with Crippen molar-refractivity contribution in [2.45, 2.75) is 179 Å².